The van der Waals surface area contributed by atoms with Gasteiger partial charge >= 0.3 is 0 Å². The van der Waals surface area contributed by atoms with Gasteiger partial charge in [0.15, 0.2) is 11.5 Å². The molecule has 0 spiro atoms. The maximum atomic E-state index is 13.6. The minimum absolute atomic E-state index is 0.00314. The van der Waals surface area contributed by atoms with Crippen LogP contribution in [0.5, 0.6) is 11.5 Å². The third-order valence-electron chi connectivity index (χ3n) is 4.35. The van der Waals surface area contributed by atoms with Crippen LogP contribution < -0.4 is 14.8 Å². The van der Waals surface area contributed by atoms with E-state index < -0.39 is 25.1 Å². The number of hydrogen-bond donors (Lipinski definition) is 1. The highest BCUT2D eigenvalue weighted by molar-refractivity contribution is 6.31. The summed E-state index contributed by atoms with van der Waals surface area (Å²) in [6.07, 6.45) is -0.236. The zero-order valence-electron chi connectivity index (χ0n) is 23.6. The number of ether oxygens (including phenoxy) is 3. The molecule has 0 atom stereocenters. The van der Waals surface area contributed by atoms with Gasteiger partial charge in [-0.3, -0.25) is 4.90 Å². The molecule has 164 valence electrons. The van der Waals surface area contributed by atoms with Gasteiger partial charge in [-0.2, -0.15) is 0 Å². The van der Waals surface area contributed by atoms with Crippen molar-refractivity contribution in [1.29, 1.82) is 0 Å². The summed E-state index contributed by atoms with van der Waals surface area (Å²) in [5.41, 5.74) is 0.290. The van der Waals surface area contributed by atoms with Crippen molar-refractivity contribution in [2.75, 3.05) is 51.8 Å². The molecular formula is C22H24ClFN4O3. The molecule has 4 rings (SSSR count). The first-order valence-electron chi connectivity index (χ1n) is 12.9. The van der Waals surface area contributed by atoms with Crippen LogP contribution in [0.2, 0.25) is 5.02 Å². The largest absolute Gasteiger partial charge is 0.493 e. The molecule has 2 aromatic carbocycles. The Morgan fingerprint density at radius 3 is 2.90 bits per heavy atom. The van der Waals surface area contributed by atoms with Crippen LogP contribution in [0, 0.1) is 5.82 Å². The standard InChI is InChI=1S/C22H24ClFN4O3/c1-29-20-13-19-16(12-21(20)31-8-2-5-28-6-9-30-10-7-28)22(26-14-25-19)27-15-3-4-18(24)17(23)11-15/h3-4,11-14H,2,5-10H2,1H3,(H,25,26,27)/i6D2,7D2,12D,13D,14D. The first-order chi connectivity index (χ1) is 17.9. The third-order valence-corrected chi connectivity index (χ3v) is 4.64. The number of halogens is 2. The molecule has 1 aromatic heterocycles. The van der Waals surface area contributed by atoms with Crippen LogP contribution in [-0.2, 0) is 4.74 Å². The number of morpholine rings is 1. The number of rotatable bonds is 8. The fraction of sp³-hybridized carbons (Fsp3) is 0.364. The van der Waals surface area contributed by atoms with Crippen molar-refractivity contribution >= 4 is 34.0 Å². The molecule has 0 unspecified atom stereocenters. The molecule has 2 heterocycles. The molecule has 7 nitrogen and oxygen atoms in total. The molecule has 0 saturated carbocycles. The van der Waals surface area contributed by atoms with Gasteiger partial charge in [0.1, 0.15) is 19.3 Å². The molecule has 1 aliphatic rings. The van der Waals surface area contributed by atoms with E-state index in [2.05, 4.69) is 15.3 Å². The summed E-state index contributed by atoms with van der Waals surface area (Å²) in [4.78, 5) is 9.11. The summed E-state index contributed by atoms with van der Waals surface area (Å²) in [5, 5.41) is 2.80. The first-order valence-corrected chi connectivity index (χ1v) is 9.79. The van der Waals surface area contributed by atoms with Gasteiger partial charge in [0.2, 0.25) is 0 Å². The molecule has 0 radical (unpaired) electrons. The SMILES string of the molecule is [2H]c1nc(Nc2ccc(F)c(Cl)c2)c2c([2H])c(OCCCN3C([2H])([2H])COCC3([2H])[2H])c(OC)c([2H])c2n1. The maximum absolute atomic E-state index is 13.6. The highest BCUT2D eigenvalue weighted by Crippen LogP contribution is 2.35. The lowest BCUT2D eigenvalue weighted by molar-refractivity contribution is 0.0357. The van der Waals surface area contributed by atoms with Crippen LogP contribution >= 0.6 is 11.6 Å². The number of nitrogens with one attached hydrogen (secondary N) is 1. The Morgan fingerprint density at radius 2 is 2.13 bits per heavy atom. The van der Waals surface area contributed by atoms with Crippen LogP contribution in [-0.4, -0.2) is 61.3 Å². The normalized spacial score (nSPS) is 21.1. The zero-order valence-corrected chi connectivity index (χ0v) is 17.3. The molecule has 1 saturated heterocycles. The predicted molar refractivity (Wildman–Crippen MR) is 118 cm³/mol. The second-order valence-corrected chi connectivity index (χ2v) is 6.83. The summed E-state index contributed by atoms with van der Waals surface area (Å²) < 4.78 is 87.3. The average Bonchev–Trinajstić information content (AvgIpc) is 2.82. The van der Waals surface area contributed by atoms with Crippen molar-refractivity contribution in [2.24, 2.45) is 0 Å². The van der Waals surface area contributed by atoms with E-state index in [0.717, 1.165) is 11.0 Å². The molecule has 1 fully saturated rings. The minimum Gasteiger partial charge on any atom is -0.493 e. The van der Waals surface area contributed by atoms with Crippen LogP contribution in [0.4, 0.5) is 15.9 Å². The number of nitrogens with zero attached hydrogens (tertiary/aromatic N) is 3. The van der Waals surface area contributed by atoms with Gasteiger partial charge in [-0.05, 0) is 30.7 Å². The van der Waals surface area contributed by atoms with Gasteiger partial charge in [-0.25, -0.2) is 14.4 Å². The van der Waals surface area contributed by atoms with E-state index in [1.807, 2.05) is 0 Å². The molecule has 31 heavy (non-hydrogen) atoms. The Kier molecular flexibility index (Phi) is 4.68. The smallest absolute Gasteiger partial charge is 0.162 e. The highest BCUT2D eigenvalue weighted by Gasteiger charge is 2.14. The lowest BCUT2D eigenvalue weighted by atomic mass is 10.2. The van der Waals surface area contributed by atoms with Crippen molar-refractivity contribution in [1.82, 2.24) is 14.9 Å². The van der Waals surface area contributed by atoms with E-state index in [1.165, 1.54) is 19.2 Å². The minimum atomic E-state index is -2.01. The summed E-state index contributed by atoms with van der Waals surface area (Å²) in [7, 11) is 1.30. The summed E-state index contributed by atoms with van der Waals surface area (Å²) in [6, 6.07) is 3.37. The number of anilines is 2. The maximum Gasteiger partial charge on any atom is 0.162 e. The van der Waals surface area contributed by atoms with Gasteiger partial charge < -0.3 is 19.5 Å². The lowest BCUT2D eigenvalue weighted by Crippen LogP contribution is -2.37. The Labute approximate surface area is 194 Å². The predicted octanol–water partition coefficient (Wildman–Crippen LogP) is 4.28. The van der Waals surface area contributed by atoms with Crippen molar-refractivity contribution in [3.8, 4) is 11.5 Å². The summed E-state index contributed by atoms with van der Waals surface area (Å²) in [6.45, 7) is -4.59. The monoisotopic (exact) mass is 453 g/mol. The molecule has 3 aromatic rings. The molecule has 0 aliphatic carbocycles. The number of hydrogen-bond acceptors (Lipinski definition) is 7. The molecule has 0 amide bonds. The second-order valence-electron chi connectivity index (χ2n) is 6.42. The van der Waals surface area contributed by atoms with E-state index in [9.17, 15) is 4.39 Å². The van der Waals surface area contributed by atoms with Crippen LogP contribution in [0.1, 0.15) is 16.0 Å². The Balaban J connectivity index is 1.65. The molecular weight excluding hydrogens is 423 g/mol. The Bertz CT molecular complexity index is 1350. The van der Waals surface area contributed by atoms with Gasteiger partial charge in [-0.1, -0.05) is 11.6 Å². The topological polar surface area (TPSA) is 68.7 Å². The van der Waals surface area contributed by atoms with E-state index in [-0.39, 0.29) is 78.1 Å². The van der Waals surface area contributed by atoms with Gasteiger partial charge in [0.25, 0.3) is 0 Å². The second kappa shape index (κ2) is 10.1. The molecule has 1 N–H and O–H groups in total. The Hall–Kier alpha value is -2.68. The Morgan fingerprint density at radius 1 is 1.29 bits per heavy atom. The molecule has 0 bridgehead atoms. The van der Waals surface area contributed by atoms with E-state index in [1.54, 1.807) is 0 Å². The van der Waals surface area contributed by atoms with E-state index >= 15 is 0 Å². The van der Waals surface area contributed by atoms with Gasteiger partial charge in [0.05, 0.1) is 40.2 Å². The number of fused-ring (bicyclic) bond motifs is 1. The summed E-state index contributed by atoms with van der Waals surface area (Å²) >= 11 is 5.87. The van der Waals surface area contributed by atoms with Crippen molar-refractivity contribution in [2.45, 2.75) is 6.42 Å². The van der Waals surface area contributed by atoms with Crippen molar-refractivity contribution in [3.63, 3.8) is 0 Å². The van der Waals surface area contributed by atoms with E-state index in [0.29, 0.717) is 5.69 Å². The van der Waals surface area contributed by atoms with Crippen molar-refractivity contribution in [3.05, 3.63) is 47.4 Å². The highest BCUT2D eigenvalue weighted by atomic mass is 35.5. The van der Waals surface area contributed by atoms with Crippen LogP contribution in [0.15, 0.2) is 36.6 Å². The van der Waals surface area contributed by atoms with Gasteiger partial charge in [0, 0.05) is 42.1 Å². The number of benzene rings is 2. The first kappa shape index (κ1) is 14.4. The number of aromatic nitrogens is 2. The van der Waals surface area contributed by atoms with Crippen LogP contribution in [0.3, 0.4) is 0 Å². The van der Waals surface area contributed by atoms with Gasteiger partial charge in [-0.15, -0.1) is 0 Å². The fourth-order valence-electron chi connectivity index (χ4n) is 2.85. The fourth-order valence-corrected chi connectivity index (χ4v) is 3.03. The van der Waals surface area contributed by atoms with Crippen molar-refractivity contribution < 1.29 is 28.2 Å². The third kappa shape index (κ3) is 5.33. The summed E-state index contributed by atoms with van der Waals surface area (Å²) in [5.74, 6) is -0.810. The quantitative estimate of drug-likeness (QED) is 0.510. The number of methoxy groups -OCH3 is 1. The lowest BCUT2D eigenvalue weighted by Gasteiger charge is -2.26. The van der Waals surface area contributed by atoms with E-state index in [4.69, 9.17) is 35.4 Å². The average molecular weight is 454 g/mol. The molecule has 9 heteroatoms. The molecule has 1 aliphatic heterocycles. The van der Waals surface area contributed by atoms with Crippen LogP contribution in [0.25, 0.3) is 10.9 Å². The zero-order chi connectivity index (χ0) is 27.8.